The highest BCUT2D eigenvalue weighted by atomic mass is 16.5. The first-order valence-electron chi connectivity index (χ1n) is 14.4. The number of aliphatic carboxylic acids is 1. The van der Waals surface area contributed by atoms with Gasteiger partial charge in [0.2, 0.25) is 0 Å². The molecule has 8 heteroatoms. The van der Waals surface area contributed by atoms with Crippen molar-refractivity contribution in [3.05, 3.63) is 97.1 Å². The number of hydrogen-bond donors (Lipinski definition) is 3. The minimum absolute atomic E-state index is 0.0190. The zero-order valence-corrected chi connectivity index (χ0v) is 25.6. The van der Waals surface area contributed by atoms with E-state index >= 15 is 0 Å². The largest absolute Gasteiger partial charge is 0.478 e. The third kappa shape index (κ3) is 4.11. The van der Waals surface area contributed by atoms with Gasteiger partial charge in [-0.05, 0) is 98.7 Å². The number of carbonyl (C=O) groups excluding carboxylic acids is 1. The molecule has 8 nitrogen and oxygen atoms in total. The molecule has 4 aliphatic rings. The number of nitrogens with one attached hydrogen (secondary N) is 2. The monoisotopic (exact) mass is 576 g/mol. The quantitative estimate of drug-likeness (QED) is 0.468. The maximum absolute atomic E-state index is 13.4. The van der Waals surface area contributed by atoms with Crippen molar-refractivity contribution >= 4 is 41.6 Å². The molecule has 2 aromatic heterocycles. The number of nitrogens with zero attached hydrogens (tertiary/aromatic N) is 2. The van der Waals surface area contributed by atoms with Gasteiger partial charge in [-0.1, -0.05) is 24.8 Å². The van der Waals surface area contributed by atoms with E-state index < -0.39 is 23.3 Å². The molecule has 3 unspecified atom stereocenters. The average Bonchev–Trinajstić information content (AvgIpc) is 3.61. The number of aromatic amines is 2. The number of allylic oxidation sites excluding steroid dienone is 4. The standard InChI is InChI=1S/C35H36N4O4/c1-9-21-20(6)28-13-26-17(3)16(2)24(36-26)12-25-18(4)19(5)27(37-25)14-30-23-11-10-22(33(40)41)32(34(42)43-8)35(23,7)31(39-30)15-29(21)38-28/h9-14,29,32,36-37H,1,15H2,2-8H3,(H,40,41)/b24-12-,26-13-,30-14-. The summed E-state index contributed by atoms with van der Waals surface area (Å²) in [6, 6.07) is -0.297. The van der Waals surface area contributed by atoms with Gasteiger partial charge in [-0.15, -0.1) is 0 Å². The molecule has 0 saturated carbocycles. The summed E-state index contributed by atoms with van der Waals surface area (Å²) in [7, 11) is 1.29. The Labute approximate surface area is 250 Å². The number of carboxylic acids is 1. The van der Waals surface area contributed by atoms with Crippen molar-refractivity contribution in [2.75, 3.05) is 7.11 Å². The van der Waals surface area contributed by atoms with Crippen molar-refractivity contribution in [2.24, 2.45) is 21.3 Å². The molecule has 3 atom stereocenters. The number of carboxylic acid groups (broad SMARTS) is 1. The second-order valence-electron chi connectivity index (χ2n) is 12.0. The molecule has 0 fully saturated rings. The van der Waals surface area contributed by atoms with Gasteiger partial charge in [-0.3, -0.25) is 14.8 Å². The molecule has 5 heterocycles. The van der Waals surface area contributed by atoms with Crippen LogP contribution in [0.4, 0.5) is 0 Å². The van der Waals surface area contributed by atoms with Gasteiger partial charge in [0.1, 0.15) is 5.92 Å². The minimum atomic E-state index is -1.16. The van der Waals surface area contributed by atoms with Crippen LogP contribution in [0.25, 0.3) is 18.2 Å². The molecule has 6 rings (SSSR count). The van der Waals surface area contributed by atoms with Crippen molar-refractivity contribution in [1.29, 1.82) is 0 Å². The van der Waals surface area contributed by atoms with Crippen LogP contribution in [-0.4, -0.2) is 51.6 Å². The first-order chi connectivity index (χ1) is 20.4. The predicted octanol–water partition coefficient (Wildman–Crippen LogP) is 4.46. The lowest BCUT2D eigenvalue weighted by Crippen LogP contribution is -2.44. The lowest BCUT2D eigenvalue weighted by Gasteiger charge is -2.38. The fourth-order valence-electron chi connectivity index (χ4n) is 6.92. The zero-order valence-electron chi connectivity index (χ0n) is 25.6. The first-order valence-corrected chi connectivity index (χ1v) is 14.4. The number of carbonyl (C=O) groups is 2. The van der Waals surface area contributed by atoms with Crippen LogP contribution in [0.3, 0.4) is 0 Å². The molecule has 0 amide bonds. The van der Waals surface area contributed by atoms with Crippen LogP contribution < -0.4 is 10.7 Å². The molecule has 0 aromatic carbocycles. The van der Waals surface area contributed by atoms with Crippen molar-refractivity contribution in [3.63, 3.8) is 0 Å². The molecule has 2 aromatic rings. The molecule has 3 N–H and O–H groups in total. The third-order valence-corrected chi connectivity index (χ3v) is 9.90. The van der Waals surface area contributed by atoms with Crippen molar-refractivity contribution in [1.82, 2.24) is 9.97 Å². The van der Waals surface area contributed by atoms with Crippen LogP contribution >= 0.6 is 0 Å². The predicted molar refractivity (Wildman–Crippen MR) is 169 cm³/mol. The van der Waals surface area contributed by atoms with Crippen LogP contribution in [0.5, 0.6) is 0 Å². The minimum Gasteiger partial charge on any atom is -0.478 e. The Hall–Kier alpha value is -4.72. The summed E-state index contributed by atoms with van der Waals surface area (Å²) < 4.78 is 5.20. The van der Waals surface area contributed by atoms with Gasteiger partial charge in [-0.25, -0.2) is 4.79 Å². The normalized spacial score (nSPS) is 26.9. The smallest absolute Gasteiger partial charge is 0.332 e. The number of H-pyrrole nitrogens is 2. The molecular weight excluding hydrogens is 540 g/mol. The summed E-state index contributed by atoms with van der Waals surface area (Å²) in [5.74, 6) is -2.85. The molecule has 8 bridgehead atoms. The molecule has 3 aliphatic heterocycles. The van der Waals surface area contributed by atoms with Gasteiger partial charge in [0.05, 0.1) is 35.5 Å². The van der Waals surface area contributed by atoms with Gasteiger partial charge >= 0.3 is 11.9 Å². The lowest BCUT2D eigenvalue weighted by atomic mass is 9.62. The van der Waals surface area contributed by atoms with E-state index in [2.05, 4.69) is 56.4 Å². The number of esters is 1. The Morgan fingerprint density at radius 1 is 1.00 bits per heavy atom. The number of fused-ring (bicyclic) bond motifs is 9. The fourth-order valence-corrected chi connectivity index (χ4v) is 6.92. The highest BCUT2D eigenvalue weighted by Gasteiger charge is 2.55. The number of ether oxygens (including phenoxy) is 1. The van der Waals surface area contributed by atoms with Crippen LogP contribution in [-0.2, 0) is 14.3 Å². The van der Waals surface area contributed by atoms with Gasteiger partial charge in [0, 0.05) is 34.2 Å². The highest BCUT2D eigenvalue weighted by Crippen LogP contribution is 2.53. The van der Waals surface area contributed by atoms with E-state index in [0.29, 0.717) is 17.8 Å². The molecule has 0 saturated heterocycles. The Balaban J connectivity index is 1.67. The fraction of sp³-hybridized carbons (Fsp3) is 0.314. The van der Waals surface area contributed by atoms with Crippen molar-refractivity contribution in [2.45, 2.75) is 54.0 Å². The number of aromatic nitrogens is 2. The number of aliphatic imine (C=N–C) groups is 2. The topological polar surface area (TPSA) is 120 Å². The Morgan fingerprint density at radius 2 is 1.65 bits per heavy atom. The van der Waals surface area contributed by atoms with Crippen molar-refractivity contribution < 1.29 is 19.4 Å². The Kier molecular flexibility index (Phi) is 6.56. The van der Waals surface area contributed by atoms with E-state index in [-0.39, 0.29) is 11.6 Å². The van der Waals surface area contributed by atoms with E-state index in [1.165, 1.54) is 18.7 Å². The van der Waals surface area contributed by atoms with Gasteiger partial charge in [0.15, 0.2) is 0 Å². The Bertz CT molecular complexity index is 1970. The van der Waals surface area contributed by atoms with E-state index in [9.17, 15) is 14.7 Å². The molecule has 1 aliphatic carbocycles. The second-order valence-corrected chi connectivity index (χ2v) is 12.0. The van der Waals surface area contributed by atoms with Crippen LogP contribution in [0.1, 0.15) is 53.9 Å². The van der Waals surface area contributed by atoms with Crippen molar-refractivity contribution in [3.8, 4) is 0 Å². The molecule has 0 radical (unpaired) electrons. The second kappa shape index (κ2) is 9.93. The highest BCUT2D eigenvalue weighted by molar-refractivity contribution is 6.22. The van der Waals surface area contributed by atoms with Gasteiger partial charge in [-0.2, -0.15) is 0 Å². The summed E-state index contributed by atoms with van der Waals surface area (Å²) >= 11 is 0. The molecule has 43 heavy (non-hydrogen) atoms. The van der Waals surface area contributed by atoms with Crippen LogP contribution in [0, 0.1) is 39.0 Å². The van der Waals surface area contributed by atoms with E-state index in [1.54, 1.807) is 6.08 Å². The number of rotatable bonds is 3. The zero-order chi connectivity index (χ0) is 31.0. The molecule has 0 spiro atoms. The summed E-state index contributed by atoms with van der Waals surface area (Å²) in [6.07, 6.45) is 11.7. The number of hydrogen-bond acceptors (Lipinski definition) is 5. The van der Waals surface area contributed by atoms with E-state index in [4.69, 9.17) is 14.7 Å². The summed E-state index contributed by atoms with van der Waals surface area (Å²) in [5, 5.41) is 12.1. The van der Waals surface area contributed by atoms with Crippen LogP contribution in [0.15, 0.2) is 62.8 Å². The maximum Gasteiger partial charge on any atom is 0.332 e. The van der Waals surface area contributed by atoms with Gasteiger partial charge < -0.3 is 19.8 Å². The maximum atomic E-state index is 13.4. The van der Waals surface area contributed by atoms with E-state index in [0.717, 1.165) is 61.2 Å². The molecular formula is C35H36N4O4. The van der Waals surface area contributed by atoms with Crippen LogP contribution in [0.2, 0.25) is 0 Å². The third-order valence-electron chi connectivity index (χ3n) is 9.90. The molecule has 220 valence electrons. The number of methoxy groups -OCH3 is 1. The summed E-state index contributed by atoms with van der Waals surface area (Å²) in [5.41, 5.74) is 10.3. The summed E-state index contributed by atoms with van der Waals surface area (Å²) in [6.45, 7) is 16.4. The average molecular weight is 577 g/mol. The van der Waals surface area contributed by atoms with Gasteiger partial charge in [0.25, 0.3) is 0 Å². The Morgan fingerprint density at radius 3 is 2.28 bits per heavy atom. The first kappa shape index (κ1) is 28.4. The van der Waals surface area contributed by atoms with E-state index in [1.807, 2.05) is 26.0 Å². The SMILES string of the molecule is C=CC1=C(C)C2=NC1CC1=N/C(=C\c3[nH]c(c(C)c3C)/C=c3\[nH]/c(c(C)c3C)=C\2)C2=CC=C(C(=O)O)C(C(=O)OC)C21C. The lowest BCUT2D eigenvalue weighted by molar-refractivity contribution is -0.148. The summed E-state index contributed by atoms with van der Waals surface area (Å²) in [4.78, 5) is 43.2.